The maximum absolute atomic E-state index is 11.7. The van der Waals surface area contributed by atoms with Crippen LogP contribution in [0.15, 0.2) is 24.3 Å². The van der Waals surface area contributed by atoms with Crippen LogP contribution in [0.5, 0.6) is 0 Å². The number of carbonyl (C=O) groups is 1. The molecule has 118 valence electrons. The first kappa shape index (κ1) is 17.3. The summed E-state index contributed by atoms with van der Waals surface area (Å²) in [5, 5.41) is 6.23. The van der Waals surface area contributed by atoms with Crippen LogP contribution in [0.1, 0.15) is 48.0 Å². The topological polar surface area (TPSA) is 50.4 Å². The zero-order chi connectivity index (χ0) is 16.0. The van der Waals surface area contributed by atoms with Gasteiger partial charge in [-0.3, -0.25) is 5.32 Å². The third kappa shape index (κ3) is 6.52. The zero-order valence-electron chi connectivity index (χ0n) is 14.0. The summed E-state index contributed by atoms with van der Waals surface area (Å²) in [4.78, 5) is 11.7. The zero-order valence-corrected chi connectivity index (χ0v) is 14.0. The molecule has 1 atom stereocenters. The van der Waals surface area contributed by atoms with Gasteiger partial charge in [-0.25, -0.2) is 4.79 Å². The Balaban J connectivity index is 2.60. The molecule has 0 bridgehead atoms. The van der Waals surface area contributed by atoms with Crippen LogP contribution in [0, 0.1) is 5.92 Å². The molecule has 0 aliphatic carbocycles. The standard InChI is InChI=1S/C17H28N2O2/c1-7-15(12(2)3)18-13-8-10-14(11-9-13)19-16(20)21-17(4,5)6/h8-12,15,18H,7H2,1-6H3,(H,19,20). The summed E-state index contributed by atoms with van der Waals surface area (Å²) in [6.45, 7) is 12.1. The summed E-state index contributed by atoms with van der Waals surface area (Å²) in [6, 6.07) is 8.14. The van der Waals surface area contributed by atoms with Gasteiger partial charge in [-0.05, 0) is 57.4 Å². The molecule has 0 heterocycles. The summed E-state index contributed by atoms with van der Waals surface area (Å²) in [5.74, 6) is 0.578. The van der Waals surface area contributed by atoms with Gasteiger partial charge in [0.25, 0.3) is 0 Å². The van der Waals surface area contributed by atoms with Gasteiger partial charge < -0.3 is 10.1 Å². The number of hydrogen-bond acceptors (Lipinski definition) is 3. The molecule has 21 heavy (non-hydrogen) atoms. The van der Waals surface area contributed by atoms with Crippen molar-refractivity contribution < 1.29 is 9.53 Å². The van der Waals surface area contributed by atoms with Crippen molar-refractivity contribution >= 4 is 17.5 Å². The third-order valence-electron chi connectivity index (χ3n) is 3.13. The van der Waals surface area contributed by atoms with Crippen LogP contribution in [0.3, 0.4) is 0 Å². The van der Waals surface area contributed by atoms with Gasteiger partial charge >= 0.3 is 6.09 Å². The Morgan fingerprint density at radius 1 is 1.14 bits per heavy atom. The number of carbonyl (C=O) groups excluding carboxylic acids is 1. The smallest absolute Gasteiger partial charge is 0.412 e. The van der Waals surface area contributed by atoms with Crippen molar-refractivity contribution in [3.05, 3.63) is 24.3 Å². The maximum atomic E-state index is 11.7. The van der Waals surface area contributed by atoms with Crippen LogP contribution in [-0.4, -0.2) is 17.7 Å². The normalized spacial score (nSPS) is 12.9. The molecule has 1 rings (SSSR count). The number of amides is 1. The van der Waals surface area contributed by atoms with E-state index in [2.05, 4.69) is 31.4 Å². The number of nitrogens with one attached hydrogen (secondary N) is 2. The van der Waals surface area contributed by atoms with E-state index in [-0.39, 0.29) is 0 Å². The molecule has 0 aromatic heterocycles. The SMILES string of the molecule is CCC(Nc1ccc(NC(=O)OC(C)(C)C)cc1)C(C)C. The number of benzene rings is 1. The Labute approximate surface area is 128 Å². The summed E-state index contributed by atoms with van der Waals surface area (Å²) in [5.41, 5.74) is 1.30. The molecule has 0 aliphatic rings. The molecule has 0 radical (unpaired) electrons. The van der Waals surface area contributed by atoms with Gasteiger partial charge in [0.05, 0.1) is 0 Å². The molecular formula is C17H28N2O2. The van der Waals surface area contributed by atoms with Gasteiger partial charge in [-0.15, -0.1) is 0 Å². The van der Waals surface area contributed by atoms with Crippen LogP contribution in [0.4, 0.5) is 16.2 Å². The lowest BCUT2D eigenvalue weighted by atomic mass is 10.0. The minimum absolute atomic E-state index is 0.433. The largest absolute Gasteiger partial charge is 0.444 e. The Kier molecular flexibility index (Phi) is 6.06. The van der Waals surface area contributed by atoms with Crippen molar-refractivity contribution in [1.82, 2.24) is 0 Å². The van der Waals surface area contributed by atoms with Crippen LogP contribution in [-0.2, 0) is 4.74 Å². The van der Waals surface area contributed by atoms with Crippen LogP contribution in [0.25, 0.3) is 0 Å². The molecule has 2 N–H and O–H groups in total. The van der Waals surface area contributed by atoms with Crippen molar-refractivity contribution in [2.24, 2.45) is 5.92 Å². The van der Waals surface area contributed by atoms with Crippen LogP contribution < -0.4 is 10.6 Å². The Hall–Kier alpha value is -1.71. The summed E-state index contributed by atoms with van der Waals surface area (Å²) in [7, 11) is 0. The van der Waals surface area contributed by atoms with E-state index in [0.717, 1.165) is 17.8 Å². The van der Waals surface area contributed by atoms with Crippen molar-refractivity contribution in [3.63, 3.8) is 0 Å². The van der Waals surface area contributed by atoms with E-state index in [9.17, 15) is 4.79 Å². The monoisotopic (exact) mass is 292 g/mol. The Morgan fingerprint density at radius 2 is 1.67 bits per heavy atom. The highest BCUT2D eigenvalue weighted by Gasteiger charge is 2.16. The lowest BCUT2D eigenvalue weighted by Crippen LogP contribution is -2.27. The lowest BCUT2D eigenvalue weighted by Gasteiger charge is -2.22. The fourth-order valence-electron chi connectivity index (χ4n) is 2.03. The first-order valence-electron chi connectivity index (χ1n) is 7.58. The fraction of sp³-hybridized carbons (Fsp3) is 0.588. The third-order valence-corrected chi connectivity index (χ3v) is 3.13. The average molecular weight is 292 g/mol. The van der Waals surface area contributed by atoms with E-state index in [1.807, 2.05) is 45.0 Å². The summed E-state index contributed by atoms with van der Waals surface area (Å²) in [6.07, 6.45) is 0.645. The molecule has 4 nitrogen and oxygen atoms in total. The highest BCUT2D eigenvalue weighted by atomic mass is 16.6. The minimum Gasteiger partial charge on any atom is -0.444 e. The highest BCUT2D eigenvalue weighted by Crippen LogP contribution is 2.18. The molecule has 0 aliphatic heterocycles. The predicted octanol–water partition coefficient (Wildman–Crippen LogP) is 4.88. The van der Waals surface area contributed by atoms with E-state index >= 15 is 0 Å². The Bertz CT molecular complexity index is 447. The van der Waals surface area contributed by atoms with Gasteiger partial charge in [-0.1, -0.05) is 20.8 Å². The van der Waals surface area contributed by atoms with Crippen molar-refractivity contribution in [2.45, 2.75) is 59.6 Å². The maximum Gasteiger partial charge on any atom is 0.412 e. The molecule has 0 spiro atoms. The van der Waals surface area contributed by atoms with Crippen LogP contribution in [0.2, 0.25) is 0 Å². The summed E-state index contributed by atoms with van der Waals surface area (Å²) >= 11 is 0. The van der Waals surface area contributed by atoms with E-state index in [1.165, 1.54) is 0 Å². The van der Waals surface area contributed by atoms with E-state index in [4.69, 9.17) is 4.74 Å². The second-order valence-corrected chi connectivity index (χ2v) is 6.61. The van der Waals surface area contributed by atoms with E-state index in [1.54, 1.807) is 0 Å². The van der Waals surface area contributed by atoms with Gasteiger partial charge in [0.1, 0.15) is 5.60 Å². The van der Waals surface area contributed by atoms with E-state index in [0.29, 0.717) is 12.0 Å². The average Bonchev–Trinajstić information content (AvgIpc) is 2.35. The lowest BCUT2D eigenvalue weighted by molar-refractivity contribution is 0.0636. The second-order valence-electron chi connectivity index (χ2n) is 6.61. The van der Waals surface area contributed by atoms with Gasteiger partial charge in [-0.2, -0.15) is 0 Å². The molecule has 1 amide bonds. The van der Waals surface area contributed by atoms with Crippen molar-refractivity contribution in [3.8, 4) is 0 Å². The molecule has 0 saturated heterocycles. The number of rotatable bonds is 5. The number of hydrogen-bond donors (Lipinski definition) is 2. The fourth-order valence-corrected chi connectivity index (χ4v) is 2.03. The minimum atomic E-state index is -0.489. The van der Waals surface area contributed by atoms with E-state index < -0.39 is 11.7 Å². The van der Waals surface area contributed by atoms with Gasteiger partial charge in [0.2, 0.25) is 0 Å². The Morgan fingerprint density at radius 3 is 2.10 bits per heavy atom. The first-order valence-corrected chi connectivity index (χ1v) is 7.58. The molecule has 1 unspecified atom stereocenters. The predicted molar refractivity (Wildman–Crippen MR) is 88.8 cm³/mol. The molecule has 1 aromatic rings. The molecule has 1 aromatic carbocycles. The first-order chi connectivity index (χ1) is 9.71. The molecule has 0 fully saturated rings. The number of ether oxygens (including phenoxy) is 1. The van der Waals surface area contributed by atoms with Gasteiger partial charge in [0, 0.05) is 17.4 Å². The number of anilines is 2. The molecule has 0 saturated carbocycles. The van der Waals surface area contributed by atoms with Crippen molar-refractivity contribution in [1.29, 1.82) is 0 Å². The van der Waals surface area contributed by atoms with Crippen molar-refractivity contribution in [2.75, 3.05) is 10.6 Å². The molecular weight excluding hydrogens is 264 g/mol. The quantitative estimate of drug-likeness (QED) is 0.813. The second kappa shape index (κ2) is 7.34. The summed E-state index contributed by atoms with van der Waals surface area (Å²) < 4.78 is 5.22. The van der Waals surface area contributed by atoms with Crippen LogP contribution >= 0.6 is 0 Å². The van der Waals surface area contributed by atoms with Gasteiger partial charge in [0.15, 0.2) is 0 Å². The molecule has 4 heteroatoms. The highest BCUT2D eigenvalue weighted by molar-refractivity contribution is 5.85.